The molecule has 2 heteroatoms. The van der Waals surface area contributed by atoms with Crippen LogP contribution in [0, 0.1) is 5.92 Å². The Morgan fingerprint density at radius 2 is 2.29 bits per heavy atom. The first-order valence-corrected chi connectivity index (χ1v) is 5.06. The molecule has 14 heavy (non-hydrogen) atoms. The highest BCUT2D eigenvalue weighted by molar-refractivity contribution is 5.81. The second-order valence-electron chi connectivity index (χ2n) is 4.02. The molecule has 0 aliphatic heterocycles. The minimum Gasteiger partial charge on any atom is -0.464 e. The first kappa shape index (κ1) is 8.06. The van der Waals surface area contributed by atoms with E-state index >= 15 is 0 Å². The Labute approximate surface area is 82.7 Å². The van der Waals surface area contributed by atoms with Gasteiger partial charge in [0.05, 0.1) is 6.26 Å². The summed E-state index contributed by atoms with van der Waals surface area (Å²) < 4.78 is 5.50. The van der Waals surface area contributed by atoms with Crippen LogP contribution in [0.1, 0.15) is 17.9 Å². The zero-order valence-corrected chi connectivity index (χ0v) is 7.94. The van der Waals surface area contributed by atoms with Crippen molar-refractivity contribution < 1.29 is 4.42 Å². The zero-order chi connectivity index (χ0) is 9.54. The molecule has 2 atom stereocenters. The maximum absolute atomic E-state index is 5.65. The lowest BCUT2D eigenvalue weighted by atomic mass is 10.1. The topological polar surface area (TPSA) is 39.2 Å². The molecule has 1 aromatic heterocycles. The monoisotopic (exact) mass is 187 g/mol. The van der Waals surface area contributed by atoms with Crippen molar-refractivity contribution >= 4 is 11.0 Å². The molecule has 0 radical (unpaired) electrons. The predicted octanol–water partition coefficient (Wildman–Crippen LogP) is 2.50. The van der Waals surface area contributed by atoms with Gasteiger partial charge in [0.1, 0.15) is 5.58 Å². The molecule has 1 saturated carbocycles. The number of para-hydroxylation sites is 1. The first-order chi connectivity index (χ1) is 6.90. The summed E-state index contributed by atoms with van der Waals surface area (Å²) in [6, 6.07) is 8.35. The van der Waals surface area contributed by atoms with E-state index < -0.39 is 0 Å². The van der Waals surface area contributed by atoms with Crippen molar-refractivity contribution in [2.75, 3.05) is 6.54 Å². The Hall–Kier alpha value is -1.28. The van der Waals surface area contributed by atoms with Crippen LogP contribution in [0.2, 0.25) is 0 Å². The molecule has 0 amide bonds. The minimum absolute atomic E-state index is 0.634. The molecule has 0 spiro atoms. The van der Waals surface area contributed by atoms with E-state index in [1.165, 1.54) is 17.4 Å². The molecular formula is C12H13NO. The Kier molecular flexibility index (Phi) is 1.64. The summed E-state index contributed by atoms with van der Waals surface area (Å²) >= 11 is 0. The number of hydrogen-bond donors (Lipinski definition) is 1. The van der Waals surface area contributed by atoms with Crippen molar-refractivity contribution in [1.82, 2.24) is 0 Å². The second-order valence-corrected chi connectivity index (χ2v) is 4.02. The van der Waals surface area contributed by atoms with Crippen LogP contribution in [0.4, 0.5) is 0 Å². The molecule has 3 rings (SSSR count). The molecule has 1 aromatic carbocycles. The van der Waals surface area contributed by atoms with Crippen LogP contribution in [-0.2, 0) is 0 Å². The van der Waals surface area contributed by atoms with Gasteiger partial charge < -0.3 is 10.2 Å². The Morgan fingerprint density at radius 1 is 1.36 bits per heavy atom. The number of benzene rings is 1. The molecule has 72 valence electrons. The first-order valence-electron chi connectivity index (χ1n) is 5.06. The van der Waals surface area contributed by atoms with E-state index in [0.29, 0.717) is 11.8 Å². The quantitative estimate of drug-likeness (QED) is 0.784. The van der Waals surface area contributed by atoms with Gasteiger partial charge in [-0.1, -0.05) is 18.2 Å². The maximum atomic E-state index is 5.65. The summed E-state index contributed by atoms with van der Waals surface area (Å²) in [5.74, 6) is 1.31. The Balaban J connectivity index is 2.08. The SMILES string of the molecule is NC[C@@H]1C[C@H]1c1cccc2ccoc12. The van der Waals surface area contributed by atoms with E-state index in [4.69, 9.17) is 10.2 Å². The van der Waals surface area contributed by atoms with Crippen molar-refractivity contribution in [3.63, 3.8) is 0 Å². The molecule has 0 saturated heterocycles. The van der Waals surface area contributed by atoms with E-state index in [9.17, 15) is 0 Å². The lowest BCUT2D eigenvalue weighted by molar-refractivity contribution is 0.609. The van der Waals surface area contributed by atoms with Crippen molar-refractivity contribution in [1.29, 1.82) is 0 Å². The van der Waals surface area contributed by atoms with Crippen LogP contribution in [0.3, 0.4) is 0 Å². The summed E-state index contributed by atoms with van der Waals surface area (Å²) in [6.45, 7) is 0.793. The molecule has 1 heterocycles. The predicted molar refractivity (Wildman–Crippen MR) is 56.1 cm³/mol. The normalized spacial score (nSPS) is 25.5. The molecule has 2 N–H and O–H groups in total. The molecule has 0 bridgehead atoms. The molecule has 1 fully saturated rings. The molecular weight excluding hydrogens is 174 g/mol. The van der Waals surface area contributed by atoms with Crippen molar-refractivity contribution in [2.45, 2.75) is 12.3 Å². The van der Waals surface area contributed by atoms with Gasteiger partial charge in [-0.25, -0.2) is 0 Å². The summed E-state index contributed by atoms with van der Waals surface area (Å²) in [5, 5.41) is 1.20. The average molecular weight is 187 g/mol. The van der Waals surface area contributed by atoms with Gasteiger partial charge in [0, 0.05) is 5.39 Å². The van der Waals surface area contributed by atoms with Gasteiger partial charge in [0.25, 0.3) is 0 Å². The smallest absolute Gasteiger partial charge is 0.137 e. The number of fused-ring (bicyclic) bond motifs is 1. The number of nitrogens with two attached hydrogens (primary N) is 1. The average Bonchev–Trinajstić information content (AvgIpc) is 2.85. The molecule has 2 aromatic rings. The zero-order valence-electron chi connectivity index (χ0n) is 7.94. The third kappa shape index (κ3) is 1.07. The standard InChI is InChI=1S/C12H13NO/c13-7-9-6-11(9)10-3-1-2-8-4-5-14-12(8)10/h1-5,9,11H,6-7,13H2/t9-,11+/m0/s1. The highest BCUT2D eigenvalue weighted by atomic mass is 16.3. The van der Waals surface area contributed by atoms with Gasteiger partial charge in [-0.05, 0) is 36.4 Å². The third-order valence-electron chi connectivity index (χ3n) is 3.13. The van der Waals surface area contributed by atoms with Gasteiger partial charge in [0.2, 0.25) is 0 Å². The molecule has 0 unspecified atom stereocenters. The minimum atomic E-state index is 0.634. The Morgan fingerprint density at radius 3 is 3.07 bits per heavy atom. The fraction of sp³-hybridized carbons (Fsp3) is 0.333. The van der Waals surface area contributed by atoms with Gasteiger partial charge in [0.15, 0.2) is 0 Å². The van der Waals surface area contributed by atoms with E-state index in [1.54, 1.807) is 6.26 Å². The molecule has 1 aliphatic rings. The summed E-state index contributed by atoms with van der Waals surface area (Å²) in [4.78, 5) is 0. The van der Waals surface area contributed by atoms with Crippen LogP contribution >= 0.6 is 0 Å². The summed E-state index contributed by atoms with van der Waals surface area (Å²) in [5.41, 5.74) is 8.04. The highest BCUT2D eigenvalue weighted by Gasteiger charge is 2.38. The number of hydrogen-bond acceptors (Lipinski definition) is 2. The largest absolute Gasteiger partial charge is 0.464 e. The van der Waals surface area contributed by atoms with Crippen LogP contribution in [-0.4, -0.2) is 6.54 Å². The van der Waals surface area contributed by atoms with Crippen LogP contribution < -0.4 is 5.73 Å². The van der Waals surface area contributed by atoms with E-state index in [1.807, 2.05) is 6.07 Å². The van der Waals surface area contributed by atoms with Gasteiger partial charge >= 0.3 is 0 Å². The fourth-order valence-electron chi connectivity index (χ4n) is 2.20. The van der Waals surface area contributed by atoms with Crippen molar-refractivity contribution in [3.8, 4) is 0 Å². The van der Waals surface area contributed by atoms with Gasteiger partial charge in [-0.15, -0.1) is 0 Å². The lowest BCUT2D eigenvalue weighted by Crippen LogP contribution is -2.01. The molecule has 2 nitrogen and oxygen atoms in total. The third-order valence-corrected chi connectivity index (χ3v) is 3.13. The van der Waals surface area contributed by atoms with Crippen LogP contribution in [0.25, 0.3) is 11.0 Å². The van der Waals surface area contributed by atoms with E-state index in [2.05, 4.69) is 18.2 Å². The van der Waals surface area contributed by atoms with Gasteiger partial charge in [-0.2, -0.15) is 0 Å². The van der Waals surface area contributed by atoms with Crippen LogP contribution in [0.15, 0.2) is 34.9 Å². The lowest BCUT2D eigenvalue weighted by Gasteiger charge is -1.99. The fourth-order valence-corrected chi connectivity index (χ4v) is 2.20. The van der Waals surface area contributed by atoms with E-state index in [0.717, 1.165) is 12.1 Å². The van der Waals surface area contributed by atoms with E-state index in [-0.39, 0.29) is 0 Å². The molecule has 1 aliphatic carbocycles. The summed E-state index contributed by atoms with van der Waals surface area (Å²) in [7, 11) is 0. The number of rotatable bonds is 2. The van der Waals surface area contributed by atoms with Crippen LogP contribution in [0.5, 0.6) is 0 Å². The number of furan rings is 1. The van der Waals surface area contributed by atoms with Crippen molar-refractivity contribution in [3.05, 3.63) is 36.1 Å². The van der Waals surface area contributed by atoms with Crippen molar-refractivity contribution in [2.24, 2.45) is 11.7 Å². The highest BCUT2D eigenvalue weighted by Crippen LogP contribution is 2.48. The van der Waals surface area contributed by atoms with Gasteiger partial charge in [-0.3, -0.25) is 0 Å². The second kappa shape index (κ2) is 2.85. The Bertz CT molecular complexity index is 460. The maximum Gasteiger partial charge on any atom is 0.137 e. The summed E-state index contributed by atoms with van der Waals surface area (Å²) in [6.07, 6.45) is 2.98.